The minimum Gasteiger partial charge on any atom is -0.456 e. The summed E-state index contributed by atoms with van der Waals surface area (Å²) in [7, 11) is 0. The normalized spacial score (nSPS) is 9.79. The summed E-state index contributed by atoms with van der Waals surface area (Å²) in [6.07, 6.45) is 3.21. The van der Waals surface area contributed by atoms with Crippen molar-refractivity contribution in [3.05, 3.63) is 54.6 Å². The van der Waals surface area contributed by atoms with Crippen molar-refractivity contribution in [1.82, 2.24) is 4.98 Å². The lowest BCUT2D eigenvalue weighted by Crippen LogP contribution is -1.85. The number of rotatable bonds is 2. The van der Waals surface area contributed by atoms with Gasteiger partial charge in [0.25, 0.3) is 0 Å². The Bertz CT molecular complexity index is 417. The van der Waals surface area contributed by atoms with E-state index < -0.39 is 5.82 Å². The predicted molar refractivity (Wildman–Crippen MR) is 49.5 cm³/mol. The van der Waals surface area contributed by atoms with Crippen LogP contribution in [0.5, 0.6) is 11.5 Å². The average Bonchev–Trinajstić information content (AvgIpc) is 2.19. The van der Waals surface area contributed by atoms with Gasteiger partial charge in [0.15, 0.2) is 0 Å². The van der Waals surface area contributed by atoms with Crippen LogP contribution >= 0.6 is 0 Å². The molecule has 0 spiro atoms. The maximum absolute atomic E-state index is 12.7. The summed E-state index contributed by atoms with van der Waals surface area (Å²) in [5.74, 6) is 0.582. The molecule has 0 aliphatic heterocycles. The second kappa shape index (κ2) is 3.87. The van der Waals surface area contributed by atoms with E-state index in [1.165, 1.54) is 12.1 Å². The number of hydrogen-bond acceptors (Lipinski definition) is 2. The Kier molecular flexibility index (Phi) is 2.40. The Labute approximate surface area is 81.0 Å². The van der Waals surface area contributed by atoms with Crippen LogP contribution in [0, 0.1) is 11.9 Å². The van der Waals surface area contributed by atoms with Crippen LogP contribution in [-0.4, -0.2) is 4.98 Å². The van der Waals surface area contributed by atoms with Crippen molar-refractivity contribution in [2.75, 3.05) is 0 Å². The smallest absolute Gasteiger partial charge is 0.145 e. The largest absolute Gasteiger partial charge is 0.456 e. The summed E-state index contributed by atoms with van der Waals surface area (Å²) in [6.45, 7) is 0. The van der Waals surface area contributed by atoms with Crippen LogP contribution in [0.2, 0.25) is 0 Å². The van der Waals surface area contributed by atoms with Crippen LogP contribution in [0.4, 0.5) is 4.39 Å². The topological polar surface area (TPSA) is 22.1 Å². The first-order chi connectivity index (χ1) is 6.84. The van der Waals surface area contributed by atoms with Gasteiger partial charge in [0.2, 0.25) is 0 Å². The average molecular weight is 188 g/mol. The van der Waals surface area contributed by atoms with Crippen LogP contribution in [0.1, 0.15) is 0 Å². The zero-order chi connectivity index (χ0) is 9.80. The van der Waals surface area contributed by atoms with Crippen molar-refractivity contribution in [2.45, 2.75) is 0 Å². The summed E-state index contributed by atoms with van der Waals surface area (Å²) in [5.41, 5.74) is 0. The third-order valence-corrected chi connectivity index (χ3v) is 1.61. The number of halogens is 1. The molecule has 1 heterocycles. The van der Waals surface area contributed by atoms with Crippen molar-refractivity contribution < 1.29 is 9.13 Å². The van der Waals surface area contributed by atoms with Gasteiger partial charge in [-0.05, 0) is 24.3 Å². The maximum Gasteiger partial charge on any atom is 0.145 e. The number of nitrogens with zero attached hydrogens (tertiary/aromatic N) is 1. The highest BCUT2D eigenvalue weighted by molar-refractivity contribution is 5.28. The molecule has 0 unspecified atom stereocenters. The third kappa shape index (κ3) is 2.07. The molecule has 1 aromatic heterocycles. The summed E-state index contributed by atoms with van der Waals surface area (Å²) in [6, 6.07) is 10.3. The van der Waals surface area contributed by atoms with E-state index in [-0.39, 0.29) is 0 Å². The molecule has 2 rings (SSSR count). The fourth-order valence-corrected chi connectivity index (χ4v) is 1.03. The van der Waals surface area contributed by atoms with Crippen molar-refractivity contribution in [1.29, 1.82) is 0 Å². The Morgan fingerprint density at radius 2 is 2.21 bits per heavy atom. The first-order valence-electron chi connectivity index (χ1n) is 4.10. The fourth-order valence-electron chi connectivity index (χ4n) is 1.03. The lowest BCUT2D eigenvalue weighted by Gasteiger charge is -2.03. The minimum atomic E-state index is -0.439. The molecule has 2 aromatic rings. The van der Waals surface area contributed by atoms with Crippen LogP contribution < -0.4 is 4.74 Å². The molecule has 14 heavy (non-hydrogen) atoms. The summed E-state index contributed by atoms with van der Waals surface area (Å²) >= 11 is 0. The molecule has 0 aliphatic rings. The van der Waals surface area contributed by atoms with Crippen molar-refractivity contribution in [2.24, 2.45) is 0 Å². The molecule has 0 saturated carbocycles. The molecule has 1 aromatic carbocycles. The minimum absolute atomic E-state index is 0.439. The molecule has 0 aliphatic carbocycles. The molecule has 0 saturated heterocycles. The lowest BCUT2D eigenvalue weighted by atomic mass is 10.3. The van der Waals surface area contributed by atoms with Crippen LogP contribution in [0.15, 0.2) is 42.7 Å². The Balaban J connectivity index is 2.19. The number of benzene rings is 1. The van der Waals surface area contributed by atoms with Gasteiger partial charge in [-0.25, -0.2) is 4.39 Å². The van der Waals surface area contributed by atoms with Gasteiger partial charge in [0.1, 0.15) is 17.3 Å². The van der Waals surface area contributed by atoms with Gasteiger partial charge in [-0.3, -0.25) is 4.98 Å². The van der Waals surface area contributed by atoms with Crippen molar-refractivity contribution >= 4 is 0 Å². The lowest BCUT2D eigenvalue weighted by molar-refractivity contribution is 0.474. The number of hydrogen-bond donors (Lipinski definition) is 0. The molecule has 69 valence electrons. The van der Waals surface area contributed by atoms with Crippen LogP contribution in [0.25, 0.3) is 0 Å². The third-order valence-electron chi connectivity index (χ3n) is 1.61. The summed E-state index contributed by atoms with van der Waals surface area (Å²) in [4.78, 5) is 3.88. The standard InChI is InChI=1S/C11H7FNO/c12-9-3-1-4-10(7-9)14-11-5-2-6-13-8-11/h1-2,4-8H. The zero-order valence-corrected chi connectivity index (χ0v) is 7.27. The molecule has 0 amide bonds. The van der Waals surface area contributed by atoms with E-state index in [1.54, 1.807) is 30.6 Å². The molecule has 0 fully saturated rings. The molecule has 2 nitrogen and oxygen atoms in total. The number of ether oxygens (including phenoxy) is 1. The second-order valence-electron chi connectivity index (χ2n) is 2.66. The highest BCUT2D eigenvalue weighted by Crippen LogP contribution is 2.19. The number of pyridine rings is 1. The zero-order valence-electron chi connectivity index (χ0n) is 7.27. The van der Waals surface area contributed by atoms with E-state index in [0.29, 0.717) is 11.5 Å². The first kappa shape index (κ1) is 8.69. The van der Waals surface area contributed by atoms with Gasteiger partial charge in [-0.1, -0.05) is 0 Å². The quantitative estimate of drug-likeness (QED) is 0.722. The Morgan fingerprint density at radius 3 is 2.93 bits per heavy atom. The summed E-state index contributed by atoms with van der Waals surface area (Å²) in [5, 5.41) is 0. The van der Waals surface area contributed by atoms with Crippen LogP contribution in [-0.2, 0) is 0 Å². The molecule has 0 bridgehead atoms. The van der Waals surface area contributed by atoms with Crippen molar-refractivity contribution in [3.8, 4) is 11.5 Å². The molecule has 1 radical (unpaired) electrons. The van der Waals surface area contributed by atoms with E-state index in [2.05, 4.69) is 11.1 Å². The van der Waals surface area contributed by atoms with Gasteiger partial charge in [-0.15, -0.1) is 0 Å². The van der Waals surface area contributed by atoms with E-state index in [4.69, 9.17) is 4.74 Å². The van der Waals surface area contributed by atoms with E-state index in [1.807, 2.05) is 0 Å². The van der Waals surface area contributed by atoms with Gasteiger partial charge in [0.05, 0.1) is 6.20 Å². The molecule has 0 atom stereocenters. The van der Waals surface area contributed by atoms with E-state index in [0.717, 1.165) is 0 Å². The van der Waals surface area contributed by atoms with E-state index in [9.17, 15) is 4.39 Å². The molecular weight excluding hydrogens is 181 g/mol. The molecule has 0 N–H and O–H groups in total. The molecular formula is C11H7FNO. The Morgan fingerprint density at radius 1 is 1.29 bits per heavy atom. The maximum atomic E-state index is 12.7. The first-order valence-corrected chi connectivity index (χ1v) is 4.10. The van der Waals surface area contributed by atoms with Gasteiger partial charge in [0, 0.05) is 18.3 Å². The van der Waals surface area contributed by atoms with Crippen molar-refractivity contribution in [3.63, 3.8) is 0 Å². The Hall–Kier alpha value is -1.90. The summed E-state index contributed by atoms with van der Waals surface area (Å²) < 4.78 is 18.1. The van der Waals surface area contributed by atoms with E-state index >= 15 is 0 Å². The monoisotopic (exact) mass is 188 g/mol. The number of aromatic nitrogens is 1. The predicted octanol–water partition coefficient (Wildman–Crippen LogP) is 2.81. The SMILES string of the molecule is Fc1[c]ccc(Oc2cccnc2)c1. The fraction of sp³-hybridized carbons (Fsp3) is 0. The van der Waals surface area contributed by atoms with Gasteiger partial charge < -0.3 is 4.74 Å². The highest BCUT2D eigenvalue weighted by atomic mass is 19.1. The van der Waals surface area contributed by atoms with Gasteiger partial charge in [-0.2, -0.15) is 0 Å². The van der Waals surface area contributed by atoms with Crippen LogP contribution in [0.3, 0.4) is 0 Å². The molecule has 3 heteroatoms. The second-order valence-corrected chi connectivity index (χ2v) is 2.66. The van der Waals surface area contributed by atoms with Gasteiger partial charge >= 0.3 is 0 Å². The highest BCUT2D eigenvalue weighted by Gasteiger charge is 1.97.